The van der Waals surface area contributed by atoms with Gasteiger partial charge in [0.15, 0.2) is 5.58 Å². The Kier molecular flexibility index (Phi) is 4.32. The van der Waals surface area contributed by atoms with Gasteiger partial charge in [-0.2, -0.15) is 4.98 Å². The number of benzene rings is 1. The Morgan fingerprint density at radius 2 is 2.05 bits per heavy atom. The molecule has 108 valence electrons. The fraction of sp³-hybridized carbons (Fsp3) is 0.273. The van der Waals surface area contributed by atoms with E-state index in [9.17, 15) is 13.2 Å². The number of rotatable bonds is 7. The van der Waals surface area contributed by atoms with Gasteiger partial charge in [-0.1, -0.05) is 12.1 Å². The fourth-order valence-corrected chi connectivity index (χ4v) is 2.41. The maximum Gasteiger partial charge on any atom is 0.331 e. The van der Waals surface area contributed by atoms with Gasteiger partial charge in [0.2, 0.25) is 0 Å². The summed E-state index contributed by atoms with van der Waals surface area (Å²) in [6.45, 7) is -0.00921. The number of sulfonamides is 1. The van der Waals surface area contributed by atoms with Crippen molar-refractivity contribution in [2.75, 3.05) is 19.6 Å². The number of para-hydroxylation sites is 2. The molecule has 0 aliphatic carbocycles. The van der Waals surface area contributed by atoms with Crippen molar-refractivity contribution in [2.24, 2.45) is 0 Å². The molecule has 20 heavy (non-hydrogen) atoms. The van der Waals surface area contributed by atoms with Crippen molar-refractivity contribution in [2.45, 2.75) is 5.22 Å². The molecular weight excluding hydrogens is 286 g/mol. The first-order valence-electron chi connectivity index (χ1n) is 5.77. The summed E-state index contributed by atoms with van der Waals surface area (Å²) < 4.78 is 31.2. The lowest BCUT2D eigenvalue weighted by atomic mass is 10.3. The van der Waals surface area contributed by atoms with Crippen LogP contribution in [0.25, 0.3) is 11.1 Å². The highest BCUT2D eigenvalue weighted by molar-refractivity contribution is 7.89. The summed E-state index contributed by atoms with van der Waals surface area (Å²) in [5.41, 5.74) is 0.841. The molecule has 0 aliphatic heterocycles. The van der Waals surface area contributed by atoms with E-state index in [1.807, 2.05) is 0 Å². The first-order chi connectivity index (χ1) is 9.49. The quantitative estimate of drug-likeness (QED) is 0.604. The number of fused-ring (bicyclic) bond motifs is 1. The number of aromatic nitrogens is 1. The summed E-state index contributed by atoms with van der Waals surface area (Å²) >= 11 is 0. The number of carbonyl (C=O) groups is 1. The number of carboxylic acids is 1. The minimum atomic E-state index is -3.84. The smallest absolute Gasteiger partial charge is 0.331 e. The van der Waals surface area contributed by atoms with Gasteiger partial charge in [0.1, 0.15) is 5.52 Å². The van der Waals surface area contributed by atoms with Crippen molar-refractivity contribution in [3.05, 3.63) is 24.3 Å². The molecule has 0 atom stereocenters. The van der Waals surface area contributed by atoms with Gasteiger partial charge in [-0.25, -0.2) is 13.1 Å². The van der Waals surface area contributed by atoms with Crippen LogP contribution in [-0.4, -0.2) is 44.1 Å². The Morgan fingerprint density at radius 1 is 1.30 bits per heavy atom. The van der Waals surface area contributed by atoms with Crippen molar-refractivity contribution >= 4 is 27.1 Å². The minimum Gasteiger partial charge on any atom is -0.480 e. The van der Waals surface area contributed by atoms with Crippen molar-refractivity contribution in [1.82, 2.24) is 15.0 Å². The van der Waals surface area contributed by atoms with Gasteiger partial charge >= 0.3 is 11.2 Å². The molecule has 1 heterocycles. The maximum atomic E-state index is 11.9. The number of nitrogens with zero attached hydrogens (tertiary/aromatic N) is 1. The van der Waals surface area contributed by atoms with Crippen molar-refractivity contribution in [3.63, 3.8) is 0 Å². The highest BCUT2D eigenvalue weighted by Crippen LogP contribution is 2.17. The topological polar surface area (TPSA) is 122 Å². The zero-order valence-corrected chi connectivity index (χ0v) is 11.2. The van der Waals surface area contributed by atoms with Gasteiger partial charge in [0.25, 0.3) is 10.0 Å². The molecule has 0 saturated heterocycles. The zero-order chi connectivity index (χ0) is 14.6. The molecule has 0 amide bonds. The summed E-state index contributed by atoms with van der Waals surface area (Å²) in [6.07, 6.45) is 0. The standard InChI is InChI=1S/C11H13N3O5S/c15-10(16)7-12-5-6-13-20(17,18)11-14-8-3-1-2-4-9(8)19-11/h1-4,12-13H,5-7H2,(H,15,16). The van der Waals surface area contributed by atoms with Gasteiger partial charge in [0.05, 0.1) is 6.54 Å². The van der Waals surface area contributed by atoms with Gasteiger partial charge in [-0.3, -0.25) is 4.79 Å². The van der Waals surface area contributed by atoms with E-state index in [1.165, 1.54) is 0 Å². The minimum absolute atomic E-state index is 0.0361. The normalized spacial score (nSPS) is 11.8. The van der Waals surface area contributed by atoms with Gasteiger partial charge in [-0.05, 0) is 12.1 Å². The molecule has 2 aromatic rings. The van der Waals surface area contributed by atoms with Crippen molar-refractivity contribution < 1.29 is 22.7 Å². The van der Waals surface area contributed by atoms with Crippen LogP contribution in [0.3, 0.4) is 0 Å². The Morgan fingerprint density at radius 3 is 2.75 bits per heavy atom. The fourth-order valence-electron chi connectivity index (χ4n) is 1.50. The van der Waals surface area contributed by atoms with Crippen LogP contribution in [-0.2, 0) is 14.8 Å². The molecule has 0 saturated carbocycles. The van der Waals surface area contributed by atoms with Crippen LogP contribution in [0, 0.1) is 0 Å². The maximum absolute atomic E-state index is 11.9. The molecule has 3 N–H and O–H groups in total. The third-order valence-corrected chi connectivity index (χ3v) is 3.59. The summed E-state index contributed by atoms with van der Waals surface area (Å²) in [5.74, 6) is -1.01. The average molecular weight is 299 g/mol. The van der Waals surface area contributed by atoms with Crippen LogP contribution in [0.15, 0.2) is 33.9 Å². The largest absolute Gasteiger partial charge is 0.480 e. The lowest BCUT2D eigenvalue weighted by Crippen LogP contribution is -2.34. The Balaban J connectivity index is 1.97. The number of oxazole rings is 1. The molecule has 0 fully saturated rings. The summed E-state index contributed by atoms with van der Waals surface area (Å²) in [6, 6.07) is 6.71. The predicted octanol–water partition coefficient (Wildman–Crippen LogP) is -0.220. The monoisotopic (exact) mass is 299 g/mol. The van der Waals surface area contributed by atoms with Crippen LogP contribution in [0.5, 0.6) is 0 Å². The molecule has 9 heteroatoms. The van der Waals surface area contributed by atoms with Crippen LogP contribution in [0.4, 0.5) is 0 Å². The molecular formula is C11H13N3O5S. The molecule has 0 radical (unpaired) electrons. The molecule has 0 aliphatic rings. The summed E-state index contributed by atoms with van der Waals surface area (Å²) in [4.78, 5) is 14.1. The van der Waals surface area contributed by atoms with E-state index < -0.39 is 21.2 Å². The lowest BCUT2D eigenvalue weighted by Gasteiger charge is -2.03. The van der Waals surface area contributed by atoms with E-state index in [2.05, 4.69) is 15.0 Å². The molecule has 0 unspecified atom stereocenters. The van der Waals surface area contributed by atoms with Crippen molar-refractivity contribution in [1.29, 1.82) is 0 Å². The highest BCUT2D eigenvalue weighted by Gasteiger charge is 2.20. The second-order valence-corrected chi connectivity index (χ2v) is 5.56. The lowest BCUT2D eigenvalue weighted by molar-refractivity contribution is -0.135. The van der Waals surface area contributed by atoms with E-state index >= 15 is 0 Å². The first-order valence-corrected chi connectivity index (χ1v) is 7.25. The van der Waals surface area contributed by atoms with E-state index in [1.54, 1.807) is 24.3 Å². The first kappa shape index (κ1) is 14.4. The Bertz CT molecular complexity index is 677. The molecule has 1 aromatic carbocycles. The molecule has 2 rings (SSSR count). The van der Waals surface area contributed by atoms with E-state index in [-0.39, 0.29) is 19.6 Å². The van der Waals surface area contributed by atoms with Crippen molar-refractivity contribution in [3.8, 4) is 0 Å². The second-order valence-electron chi connectivity index (χ2n) is 3.92. The van der Waals surface area contributed by atoms with E-state index in [4.69, 9.17) is 9.52 Å². The van der Waals surface area contributed by atoms with Crippen LogP contribution in [0.1, 0.15) is 0 Å². The van der Waals surface area contributed by atoms with Crippen LogP contribution in [0.2, 0.25) is 0 Å². The van der Waals surface area contributed by atoms with Crippen LogP contribution >= 0.6 is 0 Å². The van der Waals surface area contributed by atoms with E-state index in [0.717, 1.165) is 0 Å². The summed E-state index contributed by atoms with van der Waals surface area (Å²) in [5, 5.41) is 10.6. The van der Waals surface area contributed by atoms with Gasteiger partial charge < -0.3 is 14.8 Å². The Labute approximate surface area is 114 Å². The SMILES string of the molecule is O=C(O)CNCCNS(=O)(=O)c1nc2ccccc2o1. The number of hydrogen-bond donors (Lipinski definition) is 3. The number of nitrogens with one attached hydrogen (secondary N) is 2. The van der Waals surface area contributed by atoms with Crippen LogP contribution < -0.4 is 10.0 Å². The van der Waals surface area contributed by atoms with Gasteiger partial charge in [-0.15, -0.1) is 0 Å². The molecule has 8 nitrogen and oxygen atoms in total. The highest BCUT2D eigenvalue weighted by atomic mass is 32.2. The molecule has 0 bridgehead atoms. The molecule has 0 spiro atoms. The summed E-state index contributed by atoms with van der Waals surface area (Å²) in [7, 11) is -3.84. The Hall–Kier alpha value is -1.97. The number of aliphatic carboxylic acids is 1. The average Bonchev–Trinajstić information content (AvgIpc) is 2.82. The third-order valence-electron chi connectivity index (χ3n) is 2.37. The van der Waals surface area contributed by atoms with Gasteiger partial charge in [0, 0.05) is 13.1 Å². The number of carboxylic acid groups (broad SMARTS) is 1. The third kappa shape index (κ3) is 3.53. The number of hydrogen-bond acceptors (Lipinski definition) is 6. The van der Waals surface area contributed by atoms with E-state index in [0.29, 0.717) is 11.1 Å². The second kappa shape index (κ2) is 5.99. The molecule has 1 aromatic heterocycles. The zero-order valence-electron chi connectivity index (χ0n) is 10.4. The predicted molar refractivity (Wildman–Crippen MR) is 69.7 cm³/mol.